The summed E-state index contributed by atoms with van der Waals surface area (Å²) in [5, 5.41) is 17.7. The molecule has 4 heteroatoms. The third-order valence-electron chi connectivity index (χ3n) is 1.40. The molecular formula is C7H8O3S. The molecule has 0 aromatic carbocycles. The molecular weight excluding hydrogens is 164 g/mol. The minimum absolute atomic E-state index is 0.198. The van der Waals surface area contributed by atoms with E-state index in [-0.39, 0.29) is 12.0 Å². The first-order valence-corrected chi connectivity index (χ1v) is 3.53. The summed E-state index contributed by atoms with van der Waals surface area (Å²) in [5.41, 5.74) is 0.198. The number of thiol groups is 1. The van der Waals surface area contributed by atoms with E-state index < -0.39 is 10.9 Å². The van der Waals surface area contributed by atoms with Gasteiger partial charge in [0.2, 0.25) is 0 Å². The van der Waals surface area contributed by atoms with E-state index in [1.165, 1.54) is 18.2 Å². The van der Waals surface area contributed by atoms with Crippen LogP contribution in [0.1, 0.15) is 6.42 Å². The van der Waals surface area contributed by atoms with E-state index in [4.69, 9.17) is 5.11 Å². The van der Waals surface area contributed by atoms with E-state index in [2.05, 4.69) is 12.6 Å². The van der Waals surface area contributed by atoms with Crippen LogP contribution in [0.2, 0.25) is 0 Å². The van der Waals surface area contributed by atoms with Crippen LogP contribution in [0.3, 0.4) is 0 Å². The van der Waals surface area contributed by atoms with E-state index in [0.29, 0.717) is 0 Å². The molecule has 0 aliphatic heterocycles. The number of carboxylic acids is 1. The number of carbonyl (C=O) groups is 1. The molecule has 2 N–H and O–H groups in total. The fourth-order valence-electron chi connectivity index (χ4n) is 0.778. The molecule has 0 fully saturated rings. The van der Waals surface area contributed by atoms with Crippen molar-refractivity contribution in [2.45, 2.75) is 11.4 Å². The van der Waals surface area contributed by atoms with Crippen molar-refractivity contribution in [1.82, 2.24) is 0 Å². The maximum absolute atomic E-state index is 10.3. The number of rotatable bonds is 1. The van der Waals surface area contributed by atoms with Gasteiger partial charge in [-0.1, -0.05) is 6.08 Å². The molecule has 0 aromatic heterocycles. The molecule has 0 saturated carbocycles. The Morgan fingerprint density at radius 1 is 1.73 bits per heavy atom. The Morgan fingerprint density at radius 3 is 2.73 bits per heavy atom. The van der Waals surface area contributed by atoms with Crippen molar-refractivity contribution in [3.05, 3.63) is 23.8 Å². The fourth-order valence-corrected chi connectivity index (χ4v) is 0.944. The van der Waals surface area contributed by atoms with Crippen LogP contribution in [0.15, 0.2) is 23.8 Å². The van der Waals surface area contributed by atoms with E-state index in [1.54, 1.807) is 0 Å². The van der Waals surface area contributed by atoms with Crippen molar-refractivity contribution < 1.29 is 15.0 Å². The predicted octanol–water partition coefficient (Wildman–Crippen LogP) is 0.576. The van der Waals surface area contributed by atoms with Crippen LogP contribution in [0.5, 0.6) is 0 Å². The molecule has 0 radical (unpaired) electrons. The Balaban J connectivity index is 2.75. The van der Waals surface area contributed by atoms with Crippen molar-refractivity contribution in [3.63, 3.8) is 0 Å². The summed E-state index contributed by atoms with van der Waals surface area (Å²) in [5.74, 6) is -0.981. The van der Waals surface area contributed by atoms with E-state index in [9.17, 15) is 9.90 Å². The summed E-state index contributed by atoms with van der Waals surface area (Å²) in [7, 11) is 0. The van der Waals surface area contributed by atoms with Gasteiger partial charge in [0, 0.05) is 6.42 Å². The fraction of sp³-hybridized carbons (Fsp3) is 0.286. The smallest absolute Gasteiger partial charge is 0.335 e. The van der Waals surface area contributed by atoms with Crippen molar-refractivity contribution >= 4 is 18.6 Å². The van der Waals surface area contributed by atoms with Gasteiger partial charge in [-0.15, -0.1) is 12.6 Å². The Kier molecular flexibility index (Phi) is 2.06. The zero-order chi connectivity index (χ0) is 8.48. The molecule has 11 heavy (non-hydrogen) atoms. The lowest BCUT2D eigenvalue weighted by Crippen LogP contribution is -2.19. The van der Waals surface area contributed by atoms with Gasteiger partial charge >= 0.3 is 5.97 Å². The van der Waals surface area contributed by atoms with Crippen LogP contribution in [0.4, 0.5) is 0 Å². The van der Waals surface area contributed by atoms with Crippen molar-refractivity contribution in [3.8, 4) is 0 Å². The third kappa shape index (κ3) is 2.10. The van der Waals surface area contributed by atoms with Gasteiger partial charge in [0.25, 0.3) is 0 Å². The summed E-state index contributed by atoms with van der Waals surface area (Å²) in [6.07, 6.45) is 4.38. The molecule has 0 heterocycles. The molecule has 0 aromatic rings. The van der Waals surface area contributed by atoms with Crippen LogP contribution < -0.4 is 0 Å². The number of carboxylic acid groups (broad SMARTS) is 1. The average molecular weight is 172 g/mol. The van der Waals surface area contributed by atoms with Crippen LogP contribution in [0, 0.1) is 0 Å². The molecule has 0 spiro atoms. The van der Waals surface area contributed by atoms with Crippen LogP contribution in [0.25, 0.3) is 0 Å². The summed E-state index contributed by atoms with van der Waals surface area (Å²) in [6, 6.07) is 0. The van der Waals surface area contributed by atoms with Gasteiger partial charge < -0.3 is 10.2 Å². The van der Waals surface area contributed by atoms with E-state index in [0.717, 1.165) is 0 Å². The molecule has 0 amide bonds. The molecule has 1 aliphatic rings. The number of aliphatic carboxylic acids is 1. The van der Waals surface area contributed by atoms with Crippen LogP contribution >= 0.6 is 12.6 Å². The monoisotopic (exact) mass is 172 g/mol. The molecule has 1 aliphatic carbocycles. The van der Waals surface area contributed by atoms with Gasteiger partial charge in [-0.3, -0.25) is 0 Å². The van der Waals surface area contributed by atoms with Crippen molar-refractivity contribution in [1.29, 1.82) is 0 Å². The second-order valence-corrected chi connectivity index (χ2v) is 3.16. The van der Waals surface area contributed by atoms with Gasteiger partial charge in [-0.25, -0.2) is 4.79 Å². The number of hydrogen-bond acceptors (Lipinski definition) is 3. The van der Waals surface area contributed by atoms with Gasteiger partial charge in [0.1, 0.15) is 4.93 Å². The molecule has 0 saturated heterocycles. The Labute approximate surface area is 69.4 Å². The summed E-state index contributed by atoms with van der Waals surface area (Å²) >= 11 is 3.86. The normalized spacial score (nSPS) is 29.8. The average Bonchev–Trinajstić information content (AvgIpc) is 1.86. The van der Waals surface area contributed by atoms with Crippen LogP contribution in [-0.4, -0.2) is 21.1 Å². The first-order chi connectivity index (χ1) is 5.01. The van der Waals surface area contributed by atoms with Crippen molar-refractivity contribution in [2.75, 3.05) is 0 Å². The minimum atomic E-state index is -1.18. The minimum Gasteiger partial charge on any atom is -0.478 e. The summed E-state index contributed by atoms with van der Waals surface area (Å²) in [6.45, 7) is 0. The highest BCUT2D eigenvalue weighted by atomic mass is 32.1. The quantitative estimate of drug-likeness (QED) is 0.400. The van der Waals surface area contributed by atoms with E-state index in [1.807, 2.05) is 0 Å². The zero-order valence-corrected chi connectivity index (χ0v) is 6.58. The highest BCUT2D eigenvalue weighted by molar-refractivity contribution is 7.81. The summed E-state index contributed by atoms with van der Waals surface area (Å²) < 4.78 is 0. The standard InChI is InChI=1S/C7H8O3S/c8-6(9)5-1-3-7(10,11)4-2-5/h1-3,10-11H,4H2,(H,8,9). The molecule has 1 atom stereocenters. The van der Waals surface area contributed by atoms with Gasteiger partial charge in [0.05, 0.1) is 5.57 Å². The maximum atomic E-state index is 10.3. The molecule has 3 nitrogen and oxygen atoms in total. The highest BCUT2D eigenvalue weighted by Gasteiger charge is 2.21. The van der Waals surface area contributed by atoms with Gasteiger partial charge in [-0.05, 0) is 12.2 Å². The molecule has 1 rings (SSSR count). The van der Waals surface area contributed by atoms with Gasteiger partial charge in [0.15, 0.2) is 0 Å². The maximum Gasteiger partial charge on any atom is 0.335 e. The third-order valence-corrected chi connectivity index (χ3v) is 1.73. The van der Waals surface area contributed by atoms with Gasteiger partial charge in [-0.2, -0.15) is 0 Å². The van der Waals surface area contributed by atoms with Crippen LogP contribution in [-0.2, 0) is 4.79 Å². The first kappa shape index (κ1) is 8.36. The highest BCUT2D eigenvalue weighted by Crippen LogP contribution is 2.23. The largest absolute Gasteiger partial charge is 0.478 e. The van der Waals surface area contributed by atoms with E-state index >= 15 is 0 Å². The Bertz CT molecular complexity index is 240. The number of hydrogen-bond donors (Lipinski definition) is 3. The molecule has 1 unspecified atom stereocenters. The SMILES string of the molecule is O=C(O)C1=CCC(O)(S)C=C1. The van der Waals surface area contributed by atoms with Crippen molar-refractivity contribution in [2.24, 2.45) is 0 Å². The summed E-state index contributed by atoms with van der Waals surface area (Å²) in [4.78, 5) is 9.16. The number of aliphatic hydroxyl groups is 1. The molecule has 0 bridgehead atoms. The zero-order valence-electron chi connectivity index (χ0n) is 5.69. The first-order valence-electron chi connectivity index (χ1n) is 3.09. The Hall–Kier alpha value is -0.740. The second-order valence-electron chi connectivity index (χ2n) is 2.38. The lowest BCUT2D eigenvalue weighted by molar-refractivity contribution is -0.132. The predicted molar refractivity (Wildman–Crippen MR) is 43.4 cm³/mol. The molecule has 60 valence electrons. The lowest BCUT2D eigenvalue weighted by atomic mass is 10.1. The Morgan fingerprint density at radius 2 is 2.36 bits per heavy atom. The lowest BCUT2D eigenvalue weighted by Gasteiger charge is -2.18. The topological polar surface area (TPSA) is 57.5 Å². The second kappa shape index (κ2) is 2.71.